The monoisotopic (exact) mass is 437 g/mol. The smallest absolute Gasteiger partial charge is 0.243 e. The van der Waals surface area contributed by atoms with E-state index in [2.05, 4.69) is 15.9 Å². The number of nitrogens with zero attached hydrogens (tertiary/aromatic N) is 1. The van der Waals surface area contributed by atoms with E-state index in [1.165, 1.54) is 0 Å². The third-order valence-electron chi connectivity index (χ3n) is 4.78. The van der Waals surface area contributed by atoms with E-state index in [-0.39, 0.29) is 6.04 Å². The first-order valence-electron chi connectivity index (χ1n) is 8.73. The van der Waals surface area contributed by atoms with Gasteiger partial charge in [0.2, 0.25) is 10.0 Å². The molecule has 0 spiro atoms. The molecule has 0 radical (unpaired) electrons. The molecule has 138 valence electrons. The van der Waals surface area contributed by atoms with Gasteiger partial charge in [-0.05, 0) is 54.8 Å². The van der Waals surface area contributed by atoms with Crippen molar-refractivity contribution in [3.05, 3.63) is 52.5 Å². The Labute approximate surface area is 162 Å². The lowest BCUT2D eigenvalue weighted by Gasteiger charge is -2.25. The van der Waals surface area contributed by atoms with E-state index in [9.17, 15) is 8.42 Å². The van der Waals surface area contributed by atoms with Crippen molar-refractivity contribution in [1.29, 1.82) is 0 Å². The van der Waals surface area contributed by atoms with Crippen LogP contribution in [0, 0.1) is 0 Å². The van der Waals surface area contributed by atoms with E-state index in [1.54, 1.807) is 28.6 Å². The predicted octanol–water partition coefficient (Wildman–Crippen LogP) is 4.14. The molecule has 2 aromatic carbocycles. The van der Waals surface area contributed by atoms with E-state index in [4.69, 9.17) is 9.47 Å². The first-order valence-corrected chi connectivity index (χ1v) is 11.0. The van der Waals surface area contributed by atoms with Gasteiger partial charge in [-0.15, -0.1) is 0 Å². The molecule has 2 aliphatic heterocycles. The van der Waals surface area contributed by atoms with Crippen LogP contribution in [0.25, 0.3) is 0 Å². The van der Waals surface area contributed by atoms with Crippen LogP contribution in [0.15, 0.2) is 51.8 Å². The number of benzene rings is 2. The van der Waals surface area contributed by atoms with Crippen molar-refractivity contribution >= 4 is 26.0 Å². The molecular weight excluding hydrogens is 418 g/mol. The zero-order valence-electron chi connectivity index (χ0n) is 14.2. The minimum atomic E-state index is -3.54. The van der Waals surface area contributed by atoms with Crippen LogP contribution in [-0.4, -0.2) is 32.5 Å². The molecular formula is C19H20BrNO4S. The summed E-state index contributed by atoms with van der Waals surface area (Å²) in [5.41, 5.74) is 0.951. The maximum atomic E-state index is 13.1. The molecule has 1 atom stereocenters. The number of hydrogen-bond donors (Lipinski definition) is 0. The Hall–Kier alpha value is -1.57. The Morgan fingerprint density at radius 2 is 1.69 bits per heavy atom. The van der Waals surface area contributed by atoms with Crippen molar-refractivity contribution in [2.45, 2.75) is 30.2 Å². The average Bonchev–Trinajstić information content (AvgIpc) is 3.02. The largest absolute Gasteiger partial charge is 0.490 e. The van der Waals surface area contributed by atoms with Gasteiger partial charge in [-0.2, -0.15) is 4.31 Å². The Bertz CT molecular complexity index is 898. The molecule has 1 saturated heterocycles. The van der Waals surface area contributed by atoms with Crippen molar-refractivity contribution in [2.75, 3.05) is 19.8 Å². The summed E-state index contributed by atoms with van der Waals surface area (Å²) in [7, 11) is -3.54. The average molecular weight is 438 g/mol. The highest BCUT2D eigenvalue weighted by molar-refractivity contribution is 9.10. The fourth-order valence-electron chi connectivity index (χ4n) is 3.49. The van der Waals surface area contributed by atoms with Crippen LogP contribution < -0.4 is 9.47 Å². The lowest BCUT2D eigenvalue weighted by molar-refractivity contribution is 0.296. The first-order chi connectivity index (χ1) is 12.6. The fraction of sp³-hybridized carbons (Fsp3) is 0.368. The van der Waals surface area contributed by atoms with Crippen molar-refractivity contribution in [1.82, 2.24) is 4.31 Å². The van der Waals surface area contributed by atoms with Gasteiger partial charge >= 0.3 is 0 Å². The number of hydrogen-bond acceptors (Lipinski definition) is 4. The molecule has 5 nitrogen and oxygen atoms in total. The van der Waals surface area contributed by atoms with Gasteiger partial charge < -0.3 is 9.47 Å². The molecule has 0 aromatic heterocycles. The SMILES string of the molecule is O=S(=O)(c1ccc(Br)cc1)N1CCC[C@@H]1c1ccc2c(c1)OCCCO2. The summed E-state index contributed by atoms with van der Waals surface area (Å²) in [6, 6.07) is 12.4. The molecule has 0 saturated carbocycles. The van der Waals surface area contributed by atoms with Crippen LogP contribution in [0.5, 0.6) is 11.5 Å². The standard InChI is InChI=1S/C19H20BrNO4S/c20-15-5-7-16(8-6-15)26(22,23)21-10-1-3-17(21)14-4-9-18-19(13-14)25-12-2-11-24-18/h4-9,13,17H,1-3,10-12H2/t17-/m1/s1. The molecule has 0 aliphatic carbocycles. The van der Waals surface area contributed by atoms with E-state index >= 15 is 0 Å². The van der Waals surface area contributed by atoms with Crippen LogP contribution in [0.4, 0.5) is 0 Å². The number of ether oxygens (including phenoxy) is 2. The summed E-state index contributed by atoms with van der Waals surface area (Å²) in [5.74, 6) is 1.43. The number of fused-ring (bicyclic) bond motifs is 1. The third kappa shape index (κ3) is 3.35. The van der Waals surface area contributed by atoms with Crippen molar-refractivity contribution in [3.63, 3.8) is 0 Å². The Balaban J connectivity index is 1.66. The van der Waals surface area contributed by atoms with Gasteiger partial charge in [-0.3, -0.25) is 0 Å². The molecule has 26 heavy (non-hydrogen) atoms. The molecule has 2 heterocycles. The minimum Gasteiger partial charge on any atom is -0.490 e. The number of sulfonamides is 1. The summed E-state index contributed by atoms with van der Waals surface area (Å²) in [5, 5.41) is 0. The molecule has 7 heteroatoms. The first kappa shape index (κ1) is 17.8. The second kappa shape index (κ2) is 7.21. The molecule has 0 bridgehead atoms. The van der Waals surface area contributed by atoms with Gasteiger partial charge in [0.25, 0.3) is 0 Å². The molecule has 2 aromatic rings. The van der Waals surface area contributed by atoms with Crippen molar-refractivity contribution in [2.24, 2.45) is 0 Å². The van der Waals surface area contributed by atoms with Gasteiger partial charge in [-0.1, -0.05) is 22.0 Å². The zero-order chi connectivity index (χ0) is 18.1. The lowest BCUT2D eigenvalue weighted by Crippen LogP contribution is -2.30. The molecule has 0 amide bonds. The van der Waals surface area contributed by atoms with Gasteiger partial charge in [0, 0.05) is 17.4 Å². The highest BCUT2D eigenvalue weighted by Gasteiger charge is 2.36. The van der Waals surface area contributed by atoms with E-state index in [1.807, 2.05) is 18.2 Å². The van der Waals surface area contributed by atoms with Gasteiger partial charge in [0.1, 0.15) is 0 Å². The lowest BCUT2D eigenvalue weighted by atomic mass is 10.0. The number of rotatable bonds is 3. The molecule has 0 N–H and O–H groups in total. The summed E-state index contributed by atoms with van der Waals surface area (Å²) in [6.45, 7) is 1.78. The highest BCUT2D eigenvalue weighted by atomic mass is 79.9. The third-order valence-corrected chi connectivity index (χ3v) is 7.23. The quantitative estimate of drug-likeness (QED) is 0.723. The van der Waals surface area contributed by atoms with Gasteiger partial charge in [-0.25, -0.2) is 8.42 Å². The summed E-state index contributed by atoms with van der Waals surface area (Å²) in [4.78, 5) is 0.321. The van der Waals surface area contributed by atoms with Crippen LogP contribution in [-0.2, 0) is 10.0 Å². The maximum absolute atomic E-state index is 13.1. The van der Waals surface area contributed by atoms with E-state index in [0.717, 1.165) is 35.0 Å². The second-order valence-corrected chi connectivity index (χ2v) is 9.29. The van der Waals surface area contributed by atoms with Gasteiger partial charge in [0.05, 0.1) is 24.2 Å². The van der Waals surface area contributed by atoms with E-state index in [0.29, 0.717) is 30.4 Å². The predicted molar refractivity (Wildman–Crippen MR) is 102 cm³/mol. The zero-order valence-corrected chi connectivity index (χ0v) is 16.6. The molecule has 2 aliphatic rings. The van der Waals surface area contributed by atoms with Gasteiger partial charge in [0.15, 0.2) is 11.5 Å². The minimum absolute atomic E-state index is 0.180. The molecule has 1 fully saturated rings. The second-order valence-electron chi connectivity index (χ2n) is 6.48. The van der Waals surface area contributed by atoms with Crippen molar-refractivity contribution < 1.29 is 17.9 Å². The molecule has 0 unspecified atom stereocenters. The number of halogens is 1. The normalized spacial score (nSPS) is 20.7. The van der Waals surface area contributed by atoms with Crippen molar-refractivity contribution in [3.8, 4) is 11.5 Å². The van der Waals surface area contributed by atoms with Crippen LogP contribution in [0.1, 0.15) is 30.9 Å². The maximum Gasteiger partial charge on any atom is 0.243 e. The summed E-state index contributed by atoms with van der Waals surface area (Å²) in [6.07, 6.45) is 2.49. The molecule has 4 rings (SSSR count). The summed E-state index contributed by atoms with van der Waals surface area (Å²) >= 11 is 3.35. The fourth-order valence-corrected chi connectivity index (χ4v) is 5.44. The van der Waals surface area contributed by atoms with Crippen LogP contribution in [0.2, 0.25) is 0 Å². The van der Waals surface area contributed by atoms with Crippen LogP contribution >= 0.6 is 15.9 Å². The highest BCUT2D eigenvalue weighted by Crippen LogP contribution is 2.40. The summed E-state index contributed by atoms with van der Waals surface area (Å²) < 4.78 is 40.2. The Morgan fingerprint density at radius 1 is 0.962 bits per heavy atom. The topological polar surface area (TPSA) is 55.8 Å². The Kier molecular flexibility index (Phi) is 4.94. The Morgan fingerprint density at radius 3 is 2.46 bits per heavy atom. The van der Waals surface area contributed by atoms with E-state index < -0.39 is 10.0 Å². The van der Waals surface area contributed by atoms with Crippen LogP contribution in [0.3, 0.4) is 0 Å².